The maximum Gasteiger partial charge on any atom is 0.206 e. The molecule has 0 saturated carbocycles. The quantitative estimate of drug-likeness (QED) is 0.313. The maximum absolute atomic E-state index is 6.55. The third-order valence-corrected chi connectivity index (χ3v) is 8.73. The topological polar surface area (TPSA) is 12.2 Å². The Kier molecular flexibility index (Phi) is 7.14. The molecular formula is C39H44NO+. The van der Waals surface area contributed by atoms with Crippen molar-refractivity contribution < 1.29 is 4.74 Å². The van der Waals surface area contributed by atoms with E-state index in [9.17, 15) is 0 Å². The molecular weight excluding hydrogens is 498 g/mol. The van der Waals surface area contributed by atoms with Gasteiger partial charge in [-0.1, -0.05) is 96.1 Å². The molecule has 3 aromatic rings. The van der Waals surface area contributed by atoms with E-state index in [2.05, 4.69) is 131 Å². The minimum atomic E-state index is 0.117. The standard InChI is InChI=1S/C39H44NO/c1-38(2,3)33-16-12-28(13-17-33)32-25-35(41-36(26-32)29-14-18-34(19-15-29)39(4,5)6)20-11-27-23-30-9-7-21-40-22-8-10-31(24-27)37(30)40/h11-20,23-26H,7-10,21-22H2,1-6H3/q+1/b35-20+. The molecule has 3 aromatic carbocycles. The Labute approximate surface area is 246 Å². The Morgan fingerprint density at radius 1 is 0.659 bits per heavy atom. The van der Waals surface area contributed by atoms with E-state index in [4.69, 9.17) is 4.74 Å². The van der Waals surface area contributed by atoms with Gasteiger partial charge in [0.1, 0.15) is 24.6 Å². The van der Waals surface area contributed by atoms with Gasteiger partial charge < -0.3 is 4.74 Å². The Hall–Kier alpha value is -3.65. The van der Waals surface area contributed by atoms with Crippen LogP contribution in [0.15, 0.2) is 84.7 Å². The van der Waals surface area contributed by atoms with Crippen molar-refractivity contribution >= 4 is 17.4 Å². The van der Waals surface area contributed by atoms with Crippen molar-refractivity contribution in [3.8, 4) is 0 Å². The van der Waals surface area contributed by atoms with Gasteiger partial charge in [0.15, 0.2) is 0 Å². The molecule has 3 heterocycles. The second kappa shape index (κ2) is 10.6. The number of hydrogen-bond acceptors (Lipinski definition) is 1. The van der Waals surface area contributed by atoms with Gasteiger partial charge >= 0.3 is 0 Å². The predicted octanol–water partition coefficient (Wildman–Crippen LogP) is 7.48. The predicted molar refractivity (Wildman–Crippen MR) is 173 cm³/mol. The summed E-state index contributed by atoms with van der Waals surface area (Å²) in [6.45, 7) is 16.0. The molecule has 0 saturated heterocycles. The second-order valence-electron chi connectivity index (χ2n) is 14.0. The van der Waals surface area contributed by atoms with E-state index in [1.165, 1.54) is 82.7 Å². The van der Waals surface area contributed by atoms with Crippen molar-refractivity contribution in [2.24, 2.45) is 0 Å². The monoisotopic (exact) mass is 542 g/mol. The van der Waals surface area contributed by atoms with Gasteiger partial charge in [-0.15, -0.1) is 0 Å². The molecule has 0 amide bonds. The molecule has 0 N–H and O–H groups in total. The maximum atomic E-state index is 6.55. The Morgan fingerprint density at radius 3 is 1.73 bits per heavy atom. The number of nitrogens with zero attached hydrogens (tertiary/aromatic N) is 1. The van der Waals surface area contributed by atoms with E-state index < -0.39 is 0 Å². The molecule has 41 heavy (non-hydrogen) atoms. The van der Waals surface area contributed by atoms with Crippen LogP contribution in [-0.4, -0.2) is 13.1 Å². The van der Waals surface area contributed by atoms with Gasteiger partial charge in [-0.3, -0.25) is 0 Å². The fourth-order valence-corrected chi connectivity index (χ4v) is 6.32. The molecule has 0 spiro atoms. The van der Waals surface area contributed by atoms with Crippen LogP contribution in [0.3, 0.4) is 0 Å². The highest BCUT2D eigenvalue weighted by Crippen LogP contribution is 2.34. The second-order valence-corrected chi connectivity index (χ2v) is 14.0. The smallest absolute Gasteiger partial charge is 0.206 e. The molecule has 210 valence electrons. The average molecular weight is 543 g/mol. The molecule has 0 aliphatic carbocycles. The first kappa shape index (κ1) is 27.5. The van der Waals surface area contributed by atoms with Gasteiger partial charge in [-0.25, -0.2) is 4.58 Å². The van der Waals surface area contributed by atoms with Crippen molar-refractivity contribution in [3.63, 3.8) is 0 Å². The molecule has 0 bridgehead atoms. The number of ether oxygens (including phenoxy) is 1. The van der Waals surface area contributed by atoms with Crippen LogP contribution in [-0.2, 0) is 28.4 Å². The van der Waals surface area contributed by atoms with Gasteiger partial charge in [0.05, 0.1) is 0 Å². The highest BCUT2D eigenvalue weighted by Gasteiger charge is 2.23. The van der Waals surface area contributed by atoms with Crippen molar-refractivity contribution in [1.82, 2.24) is 4.58 Å². The zero-order valence-corrected chi connectivity index (χ0v) is 25.7. The number of aryl methyl sites for hydroxylation is 2. The Bertz CT molecular complexity index is 1640. The van der Waals surface area contributed by atoms with Crippen LogP contribution in [0.1, 0.15) is 87.8 Å². The zero-order chi connectivity index (χ0) is 28.8. The first-order chi connectivity index (χ1) is 19.5. The molecule has 0 unspecified atom stereocenters. The summed E-state index contributed by atoms with van der Waals surface area (Å²) in [5.41, 5.74) is 9.40. The molecule has 0 radical (unpaired) electrons. The van der Waals surface area contributed by atoms with Crippen molar-refractivity contribution in [2.75, 3.05) is 13.1 Å². The van der Waals surface area contributed by atoms with Crippen LogP contribution in [0.2, 0.25) is 0 Å². The van der Waals surface area contributed by atoms with E-state index in [0.717, 1.165) is 17.1 Å². The summed E-state index contributed by atoms with van der Waals surface area (Å²) < 4.78 is 9.16. The summed E-state index contributed by atoms with van der Waals surface area (Å²) in [5.74, 6) is 1.75. The summed E-state index contributed by atoms with van der Waals surface area (Å²) >= 11 is 0. The fourth-order valence-electron chi connectivity index (χ4n) is 6.32. The van der Waals surface area contributed by atoms with Crippen LogP contribution in [0.5, 0.6) is 0 Å². The first-order valence-electron chi connectivity index (χ1n) is 15.3. The molecule has 2 nitrogen and oxygen atoms in total. The molecule has 0 fully saturated rings. The van der Waals surface area contributed by atoms with E-state index in [-0.39, 0.29) is 10.8 Å². The fraction of sp³-hybridized carbons (Fsp3) is 0.359. The molecule has 3 aliphatic heterocycles. The third kappa shape index (κ3) is 5.89. The van der Waals surface area contributed by atoms with Crippen molar-refractivity contribution in [2.45, 2.75) is 78.1 Å². The summed E-state index contributed by atoms with van der Waals surface area (Å²) in [5, 5.41) is 2.79. The molecule has 0 aromatic heterocycles. The van der Waals surface area contributed by atoms with E-state index in [0.29, 0.717) is 0 Å². The number of benzene rings is 3. The lowest BCUT2D eigenvalue weighted by Crippen LogP contribution is -2.44. The molecule has 3 aliphatic rings. The summed E-state index contributed by atoms with van der Waals surface area (Å²) in [4.78, 5) is 0. The van der Waals surface area contributed by atoms with Crippen LogP contribution >= 0.6 is 0 Å². The van der Waals surface area contributed by atoms with Crippen molar-refractivity contribution in [1.29, 1.82) is 0 Å². The number of rotatable bonds is 3. The van der Waals surface area contributed by atoms with Crippen LogP contribution in [0.25, 0.3) is 17.4 Å². The summed E-state index contributed by atoms with van der Waals surface area (Å²) in [6.07, 6.45) is 13.6. The zero-order valence-electron chi connectivity index (χ0n) is 25.7. The Balaban J connectivity index is 1.40. The lowest BCUT2D eigenvalue weighted by molar-refractivity contribution is 0.398. The van der Waals surface area contributed by atoms with Gasteiger partial charge in [0.2, 0.25) is 5.36 Å². The minimum absolute atomic E-state index is 0.117. The van der Waals surface area contributed by atoms with Crippen LogP contribution in [0.4, 0.5) is 0 Å². The van der Waals surface area contributed by atoms with Crippen LogP contribution < -0.4 is 15.2 Å². The number of allylic oxidation sites excluding steroid dienone is 4. The third-order valence-electron chi connectivity index (χ3n) is 8.73. The largest absolute Gasteiger partial charge is 0.457 e. The highest BCUT2D eigenvalue weighted by atomic mass is 16.5. The molecule has 0 atom stereocenters. The lowest BCUT2D eigenvalue weighted by atomic mass is 9.86. The normalized spacial score (nSPS) is 17.9. The average Bonchev–Trinajstić information content (AvgIpc) is 2.95. The van der Waals surface area contributed by atoms with E-state index >= 15 is 0 Å². The highest BCUT2D eigenvalue weighted by molar-refractivity contribution is 5.85. The van der Waals surface area contributed by atoms with Gasteiger partial charge in [-0.2, -0.15) is 0 Å². The minimum Gasteiger partial charge on any atom is -0.457 e. The first-order valence-corrected chi connectivity index (χ1v) is 15.3. The van der Waals surface area contributed by atoms with Gasteiger partial charge in [0, 0.05) is 29.5 Å². The van der Waals surface area contributed by atoms with Gasteiger partial charge in [-0.05, 0) is 81.5 Å². The summed E-state index contributed by atoms with van der Waals surface area (Å²) in [6, 6.07) is 22.6. The molecule has 2 heteroatoms. The SMILES string of the molecule is CC(C)(C)c1ccc(C2=C/C(=C\C=c3cc4c5c(c3)CCC[N+]=5CCC4)OC(c3ccc(C(C)(C)C)cc3)=C2)cc1. The summed E-state index contributed by atoms with van der Waals surface area (Å²) in [7, 11) is 0. The van der Waals surface area contributed by atoms with Gasteiger partial charge in [0.25, 0.3) is 0 Å². The lowest BCUT2D eigenvalue weighted by Gasteiger charge is -2.22. The van der Waals surface area contributed by atoms with E-state index in [1.807, 2.05) is 0 Å². The Morgan fingerprint density at radius 2 is 1.20 bits per heavy atom. The number of hydrogen-bond donors (Lipinski definition) is 0. The van der Waals surface area contributed by atoms with Crippen molar-refractivity contribution in [3.05, 3.63) is 129 Å². The molecule has 6 rings (SSSR count). The van der Waals surface area contributed by atoms with E-state index in [1.54, 1.807) is 0 Å². The van der Waals surface area contributed by atoms with Crippen LogP contribution in [0, 0.1) is 0 Å².